The number of benzene rings is 1. The SMILES string of the molecule is Cc1cncc(COc2ccc(F)cc2C#CCCO)c1. The highest BCUT2D eigenvalue weighted by atomic mass is 19.1. The monoisotopic (exact) mass is 285 g/mol. The van der Waals surface area contributed by atoms with E-state index < -0.39 is 0 Å². The van der Waals surface area contributed by atoms with E-state index in [2.05, 4.69) is 16.8 Å². The van der Waals surface area contributed by atoms with Gasteiger partial charge in [-0.2, -0.15) is 0 Å². The molecule has 1 aromatic heterocycles. The number of aliphatic hydroxyl groups is 1. The molecule has 0 bridgehead atoms. The molecule has 0 aliphatic heterocycles. The van der Waals surface area contributed by atoms with Crippen LogP contribution in [0.25, 0.3) is 0 Å². The number of rotatable bonds is 4. The molecule has 108 valence electrons. The number of halogens is 1. The first-order valence-electron chi connectivity index (χ1n) is 6.61. The summed E-state index contributed by atoms with van der Waals surface area (Å²) in [6.45, 7) is 2.28. The maximum absolute atomic E-state index is 13.3. The molecule has 0 aliphatic rings. The van der Waals surface area contributed by atoms with Gasteiger partial charge in [0.2, 0.25) is 0 Å². The number of ether oxygens (including phenoxy) is 1. The van der Waals surface area contributed by atoms with Crippen LogP contribution in [0.4, 0.5) is 4.39 Å². The number of hydrogen-bond acceptors (Lipinski definition) is 3. The third-order valence-electron chi connectivity index (χ3n) is 2.73. The molecule has 0 amide bonds. The van der Waals surface area contributed by atoms with Gasteiger partial charge in [0.05, 0.1) is 12.2 Å². The number of nitrogens with zero attached hydrogens (tertiary/aromatic N) is 1. The second kappa shape index (κ2) is 7.41. The fraction of sp³-hybridized carbons (Fsp3) is 0.235. The number of aliphatic hydroxyl groups excluding tert-OH is 1. The van der Waals surface area contributed by atoms with Crippen LogP contribution in [0.3, 0.4) is 0 Å². The van der Waals surface area contributed by atoms with Gasteiger partial charge in [-0.05, 0) is 36.8 Å². The quantitative estimate of drug-likeness (QED) is 0.878. The van der Waals surface area contributed by atoms with E-state index in [9.17, 15) is 4.39 Å². The van der Waals surface area contributed by atoms with Crippen molar-refractivity contribution in [3.63, 3.8) is 0 Å². The van der Waals surface area contributed by atoms with Crippen molar-refractivity contribution >= 4 is 0 Å². The Morgan fingerprint density at radius 1 is 1.29 bits per heavy atom. The van der Waals surface area contributed by atoms with Crippen molar-refractivity contribution in [1.82, 2.24) is 4.98 Å². The van der Waals surface area contributed by atoms with Crippen LogP contribution in [0.5, 0.6) is 5.75 Å². The van der Waals surface area contributed by atoms with Crippen LogP contribution in [-0.2, 0) is 6.61 Å². The predicted molar refractivity (Wildman–Crippen MR) is 78.3 cm³/mol. The second-order valence-corrected chi connectivity index (χ2v) is 4.58. The minimum absolute atomic E-state index is 0.0204. The Bertz CT molecular complexity index is 674. The van der Waals surface area contributed by atoms with Crippen molar-refractivity contribution in [2.45, 2.75) is 20.0 Å². The van der Waals surface area contributed by atoms with E-state index in [0.717, 1.165) is 11.1 Å². The number of aryl methyl sites for hydroxylation is 1. The molecule has 3 nitrogen and oxygen atoms in total. The van der Waals surface area contributed by atoms with Gasteiger partial charge < -0.3 is 9.84 Å². The molecular formula is C17H16FNO2. The Balaban J connectivity index is 2.14. The average Bonchev–Trinajstić information content (AvgIpc) is 2.47. The number of pyridine rings is 1. The van der Waals surface area contributed by atoms with E-state index in [-0.39, 0.29) is 12.4 Å². The van der Waals surface area contributed by atoms with Crippen molar-refractivity contribution < 1.29 is 14.2 Å². The van der Waals surface area contributed by atoms with Gasteiger partial charge in [0.1, 0.15) is 18.2 Å². The molecule has 0 unspecified atom stereocenters. The molecule has 21 heavy (non-hydrogen) atoms. The molecule has 0 atom stereocenters. The van der Waals surface area contributed by atoms with Gasteiger partial charge in [-0.15, -0.1) is 0 Å². The lowest BCUT2D eigenvalue weighted by atomic mass is 10.2. The highest BCUT2D eigenvalue weighted by Crippen LogP contribution is 2.20. The Labute approximate surface area is 123 Å². The molecule has 0 saturated carbocycles. The fourth-order valence-corrected chi connectivity index (χ4v) is 1.80. The Kier molecular flexibility index (Phi) is 5.30. The summed E-state index contributed by atoms with van der Waals surface area (Å²) in [4.78, 5) is 4.10. The van der Waals surface area contributed by atoms with Crippen molar-refractivity contribution in [3.05, 3.63) is 59.2 Å². The first kappa shape index (κ1) is 15.0. The van der Waals surface area contributed by atoms with E-state index in [4.69, 9.17) is 9.84 Å². The van der Waals surface area contributed by atoms with E-state index in [1.54, 1.807) is 18.5 Å². The van der Waals surface area contributed by atoms with E-state index >= 15 is 0 Å². The molecule has 0 aliphatic carbocycles. The summed E-state index contributed by atoms with van der Waals surface area (Å²) in [6, 6.07) is 6.20. The lowest BCUT2D eigenvalue weighted by molar-refractivity contribution is 0.303. The first-order valence-corrected chi connectivity index (χ1v) is 6.61. The fourth-order valence-electron chi connectivity index (χ4n) is 1.80. The molecule has 1 aromatic carbocycles. The standard InChI is InChI=1S/C17H16FNO2/c1-13-8-14(11-19-10-13)12-21-17-6-5-16(18)9-15(17)4-2-3-7-20/h5-6,8-11,20H,3,7,12H2,1H3. The Morgan fingerprint density at radius 2 is 2.14 bits per heavy atom. The molecule has 2 rings (SSSR count). The topological polar surface area (TPSA) is 42.4 Å². The Morgan fingerprint density at radius 3 is 2.90 bits per heavy atom. The first-order chi connectivity index (χ1) is 10.2. The van der Waals surface area contributed by atoms with Crippen LogP contribution in [0.1, 0.15) is 23.1 Å². The predicted octanol–water partition coefficient (Wildman–Crippen LogP) is 2.84. The smallest absolute Gasteiger partial charge is 0.135 e. The van der Waals surface area contributed by atoms with Gasteiger partial charge in [-0.3, -0.25) is 4.98 Å². The van der Waals surface area contributed by atoms with Crippen molar-refractivity contribution in [2.75, 3.05) is 6.61 Å². The summed E-state index contributed by atoms with van der Waals surface area (Å²) in [7, 11) is 0. The van der Waals surface area contributed by atoms with E-state index in [1.165, 1.54) is 12.1 Å². The van der Waals surface area contributed by atoms with Gasteiger partial charge in [-0.25, -0.2) is 4.39 Å². The van der Waals surface area contributed by atoms with Crippen LogP contribution >= 0.6 is 0 Å². The maximum Gasteiger partial charge on any atom is 0.135 e. The Hall–Kier alpha value is -2.38. The molecule has 0 spiro atoms. The number of aromatic nitrogens is 1. The third kappa shape index (κ3) is 4.59. The lowest BCUT2D eigenvalue weighted by Crippen LogP contribution is -1.99. The molecule has 2 aromatic rings. The maximum atomic E-state index is 13.3. The molecule has 0 saturated heterocycles. The third-order valence-corrected chi connectivity index (χ3v) is 2.73. The summed E-state index contributed by atoms with van der Waals surface area (Å²) in [5.74, 6) is 5.73. The summed E-state index contributed by atoms with van der Waals surface area (Å²) in [6.07, 6.45) is 3.85. The lowest BCUT2D eigenvalue weighted by Gasteiger charge is -2.08. The summed E-state index contributed by atoms with van der Waals surface area (Å²) < 4.78 is 19.0. The van der Waals surface area contributed by atoms with Crippen molar-refractivity contribution in [2.24, 2.45) is 0 Å². The normalized spacial score (nSPS) is 9.86. The summed E-state index contributed by atoms with van der Waals surface area (Å²) in [5, 5.41) is 8.73. The molecular weight excluding hydrogens is 269 g/mol. The van der Waals surface area contributed by atoms with Gasteiger partial charge in [-0.1, -0.05) is 11.8 Å². The second-order valence-electron chi connectivity index (χ2n) is 4.58. The molecule has 4 heteroatoms. The summed E-state index contributed by atoms with van der Waals surface area (Å²) >= 11 is 0. The zero-order valence-corrected chi connectivity index (χ0v) is 11.8. The van der Waals surface area contributed by atoms with Gasteiger partial charge in [0, 0.05) is 24.4 Å². The van der Waals surface area contributed by atoms with E-state index in [0.29, 0.717) is 24.3 Å². The van der Waals surface area contributed by atoms with Gasteiger partial charge >= 0.3 is 0 Å². The summed E-state index contributed by atoms with van der Waals surface area (Å²) in [5.41, 5.74) is 2.47. The van der Waals surface area contributed by atoms with Crippen LogP contribution in [0.2, 0.25) is 0 Å². The van der Waals surface area contributed by atoms with Crippen molar-refractivity contribution in [3.8, 4) is 17.6 Å². The van der Waals surface area contributed by atoms with Gasteiger partial charge in [0.15, 0.2) is 0 Å². The molecule has 0 radical (unpaired) electrons. The highest BCUT2D eigenvalue weighted by molar-refractivity contribution is 5.46. The van der Waals surface area contributed by atoms with Crippen LogP contribution in [0, 0.1) is 24.6 Å². The average molecular weight is 285 g/mol. The van der Waals surface area contributed by atoms with Gasteiger partial charge in [0.25, 0.3) is 0 Å². The van der Waals surface area contributed by atoms with E-state index in [1.807, 2.05) is 13.0 Å². The highest BCUT2D eigenvalue weighted by Gasteiger charge is 2.04. The van der Waals surface area contributed by atoms with Crippen molar-refractivity contribution in [1.29, 1.82) is 0 Å². The van der Waals surface area contributed by atoms with Crippen LogP contribution in [-0.4, -0.2) is 16.7 Å². The molecule has 1 heterocycles. The molecule has 0 fully saturated rings. The number of hydrogen-bond donors (Lipinski definition) is 1. The zero-order valence-electron chi connectivity index (χ0n) is 11.8. The zero-order chi connectivity index (χ0) is 15.1. The largest absolute Gasteiger partial charge is 0.488 e. The van der Waals surface area contributed by atoms with Crippen LogP contribution in [0.15, 0.2) is 36.7 Å². The van der Waals surface area contributed by atoms with Crippen LogP contribution < -0.4 is 4.74 Å². The minimum Gasteiger partial charge on any atom is -0.488 e. The minimum atomic E-state index is -0.368. The molecule has 1 N–H and O–H groups in total.